The van der Waals surface area contributed by atoms with Gasteiger partial charge in [0.2, 0.25) is 5.43 Å². The van der Waals surface area contributed by atoms with Gasteiger partial charge < -0.3 is 25.1 Å². The van der Waals surface area contributed by atoms with E-state index in [9.17, 15) is 19.1 Å². The number of anilines is 1. The highest BCUT2D eigenvalue weighted by Gasteiger charge is 2.38. The molecule has 0 spiro atoms. The molecule has 1 atom stereocenters. The second kappa shape index (κ2) is 9.19. The number of aromatic nitrogens is 1. The van der Waals surface area contributed by atoms with E-state index in [4.69, 9.17) is 10.6 Å². The molecule has 0 radical (unpaired) electrons. The van der Waals surface area contributed by atoms with E-state index < -0.39 is 52.6 Å². The molecule has 0 saturated carbocycles. The Morgan fingerprint density at radius 2 is 2.12 bits per heavy atom. The van der Waals surface area contributed by atoms with Gasteiger partial charge in [-0.05, 0) is 13.0 Å². The molecule has 8 nitrogen and oxygen atoms in total. The van der Waals surface area contributed by atoms with Crippen LogP contribution in [0.25, 0.3) is 10.9 Å². The number of carboxylic acid groups (broad SMARTS) is 1. The topological polar surface area (TPSA) is 110 Å². The van der Waals surface area contributed by atoms with Crippen molar-refractivity contribution >= 4 is 28.3 Å². The zero-order chi connectivity index (χ0) is 23.6. The number of carboxylic acids is 1. The van der Waals surface area contributed by atoms with Crippen LogP contribution in [0.2, 0.25) is 0 Å². The Hall–Kier alpha value is -3.08. The maximum atomic E-state index is 15.7. The molecule has 0 amide bonds. The number of aromatic carboxylic acids is 1. The van der Waals surface area contributed by atoms with Crippen molar-refractivity contribution in [2.45, 2.75) is 26.8 Å². The van der Waals surface area contributed by atoms with Crippen LogP contribution in [-0.4, -0.2) is 54.3 Å². The molecule has 174 valence electrons. The molecule has 3 rings (SSSR count). The summed E-state index contributed by atoms with van der Waals surface area (Å²) >= 11 is 0. The van der Waals surface area contributed by atoms with Gasteiger partial charge in [0.15, 0.2) is 5.82 Å². The minimum absolute atomic E-state index is 0.134. The Bertz CT molecular complexity index is 1130. The molecular weight excluding hydrogens is 429 g/mol. The van der Waals surface area contributed by atoms with Crippen LogP contribution < -0.4 is 16.1 Å². The first kappa shape index (κ1) is 23.6. The molecule has 1 fully saturated rings. The van der Waals surface area contributed by atoms with Crippen molar-refractivity contribution in [1.29, 1.82) is 0 Å². The van der Waals surface area contributed by atoms with Crippen LogP contribution in [0.3, 0.4) is 0 Å². The molecular formula is C21H25F3N4O4. The van der Waals surface area contributed by atoms with Crippen LogP contribution in [0.4, 0.5) is 18.9 Å². The Morgan fingerprint density at radius 3 is 2.72 bits per heavy atom. The van der Waals surface area contributed by atoms with Crippen molar-refractivity contribution in [3.63, 3.8) is 0 Å². The molecule has 1 aromatic carbocycles. The summed E-state index contributed by atoms with van der Waals surface area (Å²) in [7, 11) is 0. The first-order valence-corrected chi connectivity index (χ1v) is 10.2. The van der Waals surface area contributed by atoms with Crippen molar-refractivity contribution in [1.82, 2.24) is 4.57 Å². The average molecular weight is 454 g/mol. The highest BCUT2D eigenvalue weighted by Crippen LogP contribution is 2.35. The minimum atomic E-state index is -1.56. The predicted molar refractivity (Wildman–Crippen MR) is 114 cm³/mol. The lowest BCUT2D eigenvalue weighted by Gasteiger charge is -2.41. The first-order valence-electron chi connectivity index (χ1n) is 10.2. The van der Waals surface area contributed by atoms with E-state index in [-0.39, 0.29) is 30.8 Å². The molecule has 1 unspecified atom stereocenters. The van der Waals surface area contributed by atoms with E-state index in [0.29, 0.717) is 18.7 Å². The summed E-state index contributed by atoms with van der Waals surface area (Å²) in [5.74, 6) is -3.65. The van der Waals surface area contributed by atoms with Crippen LogP contribution in [-0.2, 0) is 11.4 Å². The highest BCUT2D eigenvalue weighted by atomic mass is 19.1. The molecule has 1 aliphatic rings. The third kappa shape index (κ3) is 4.04. The molecule has 0 aliphatic carbocycles. The number of piperidine rings is 1. The van der Waals surface area contributed by atoms with Gasteiger partial charge in [-0.1, -0.05) is 12.1 Å². The molecule has 1 saturated heterocycles. The molecule has 0 bridgehead atoms. The number of halogens is 3. The standard InChI is InChI=1S/C21H25F3N4O4/c1-3-32-26-15-4-6-28(11-21(15,2)10-25)18-14(23)8-12-17(16(18)24)27(7-5-22)9-13(19(12)29)20(30)31/h8-9H,3-7,10-11,25H2,1-2H3,(H,30,31)/b26-15-. The molecule has 1 aromatic heterocycles. The Balaban J connectivity index is 2.18. The average Bonchev–Trinajstić information content (AvgIpc) is 2.75. The maximum absolute atomic E-state index is 15.7. The van der Waals surface area contributed by atoms with Gasteiger partial charge in [-0.2, -0.15) is 0 Å². The quantitative estimate of drug-likeness (QED) is 0.622. The number of hydrogen-bond donors (Lipinski definition) is 2. The number of rotatable bonds is 7. The SMILES string of the molecule is CCO/N=C1/CCN(c2c(F)cc3c(=O)c(C(=O)O)cn(CCF)c3c2F)CC1(C)CN. The number of alkyl halides is 1. The summed E-state index contributed by atoms with van der Waals surface area (Å²) in [5.41, 5.74) is 3.44. The highest BCUT2D eigenvalue weighted by molar-refractivity contribution is 5.95. The van der Waals surface area contributed by atoms with Crippen LogP contribution in [0.5, 0.6) is 0 Å². The Kier molecular flexibility index (Phi) is 6.77. The van der Waals surface area contributed by atoms with Gasteiger partial charge in [0.1, 0.15) is 30.3 Å². The van der Waals surface area contributed by atoms with Gasteiger partial charge in [-0.15, -0.1) is 0 Å². The van der Waals surface area contributed by atoms with Crippen LogP contribution >= 0.6 is 0 Å². The number of nitrogens with zero attached hydrogens (tertiary/aromatic N) is 3. The number of carbonyl (C=O) groups is 1. The Morgan fingerprint density at radius 1 is 1.41 bits per heavy atom. The van der Waals surface area contributed by atoms with E-state index in [1.54, 1.807) is 6.92 Å². The van der Waals surface area contributed by atoms with E-state index in [1.165, 1.54) is 4.90 Å². The number of benzene rings is 1. The number of pyridine rings is 1. The van der Waals surface area contributed by atoms with E-state index in [0.717, 1.165) is 16.8 Å². The van der Waals surface area contributed by atoms with Crippen molar-refractivity contribution < 1.29 is 27.9 Å². The summed E-state index contributed by atoms with van der Waals surface area (Å²) in [6.45, 7) is 3.13. The van der Waals surface area contributed by atoms with Gasteiger partial charge in [-0.25, -0.2) is 18.0 Å². The zero-order valence-electron chi connectivity index (χ0n) is 17.8. The third-order valence-corrected chi connectivity index (χ3v) is 5.71. The summed E-state index contributed by atoms with van der Waals surface area (Å²) < 4.78 is 44.9. The predicted octanol–water partition coefficient (Wildman–Crippen LogP) is 2.51. The second-order valence-corrected chi connectivity index (χ2v) is 7.87. The molecule has 32 heavy (non-hydrogen) atoms. The largest absolute Gasteiger partial charge is 0.477 e. The van der Waals surface area contributed by atoms with Gasteiger partial charge in [-0.3, -0.25) is 4.79 Å². The fraction of sp³-hybridized carbons (Fsp3) is 0.476. The van der Waals surface area contributed by atoms with Crippen molar-refractivity contribution in [3.05, 3.63) is 39.7 Å². The maximum Gasteiger partial charge on any atom is 0.341 e. The molecule has 2 heterocycles. The fourth-order valence-corrected chi connectivity index (χ4v) is 3.99. The monoisotopic (exact) mass is 454 g/mol. The minimum Gasteiger partial charge on any atom is -0.477 e. The first-order chi connectivity index (χ1) is 15.2. The number of hydrogen-bond acceptors (Lipinski definition) is 6. The van der Waals surface area contributed by atoms with Crippen LogP contribution in [0.15, 0.2) is 22.2 Å². The normalized spacial score (nSPS) is 20.2. The summed E-state index contributed by atoms with van der Waals surface area (Å²) in [5, 5.41) is 12.9. The van der Waals surface area contributed by atoms with Crippen molar-refractivity contribution in [3.8, 4) is 0 Å². The van der Waals surface area contributed by atoms with E-state index >= 15 is 8.78 Å². The molecule has 1 aliphatic heterocycles. The lowest BCUT2D eigenvalue weighted by Crippen LogP contribution is -2.52. The third-order valence-electron chi connectivity index (χ3n) is 5.71. The molecule has 2 aromatic rings. The smallest absolute Gasteiger partial charge is 0.341 e. The van der Waals surface area contributed by atoms with Crippen molar-refractivity contribution in [2.24, 2.45) is 16.3 Å². The zero-order valence-corrected chi connectivity index (χ0v) is 17.8. The fourth-order valence-electron chi connectivity index (χ4n) is 3.99. The van der Waals surface area contributed by atoms with Gasteiger partial charge in [0, 0.05) is 37.7 Å². The number of fused-ring (bicyclic) bond motifs is 1. The summed E-state index contributed by atoms with van der Waals surface area (Å²) in [4.78, 5) is 30.5. The van der Waals surface area contributed by atoms with Crippen LogP contribution in [0.1, 0.15) is 30.6 Å². The summed E-state index contributed by atoms with van der Waals surface area (Å²) in [6, 6.07) is 0.806. The lowest BCUT2D eigenvalue weighted by atomic mass is 9.79. The van der Waals surface area contributed by atoms with E-state index in [1.807, 2.05) is 6.92 Å². The van der Waals surface area contributed by atoms with Gasteiger partial charge in [0.05, 0.1) is 23.2 Å². The van der Waals surface area contributed by atoms with E-state index in [2.05, 4.69) is 5.16 Å². The molecule has 11 heteroatoms. The number of oxime groups is 1. The number of nitrogens with two attached hydrogens (primary N) is 1. The van der Waals surface area contributed by atoms with Gasteiger partial charge >= 0.3 is 5.97 Å². The summed E-state index contributed by atoms with van der Waals surface area (Å²) in [6.07, 6.45) is 1.23. The van der Waals surface area contributed by atoms with Crippen LogP contribution in [0, 0.1) is 17.0 Å². The number of aryl methyl sites for hydroxylation is 1. The lowest BCUT2D eigenvalue weighted by molar-refractivity contribution is 0.0694. The molecule has 3 N–H and O–H groups in total. The van der Waals surface area contributed by atoms with Gasteiger partial charge in [0.25, 0.3) is 0 Å². The Labute approximate surface area is 182 Å². The second-order valence-electron chi connectivity index (χ2n) is 7.87. The van der Waals surface area contributed by atoms with Crippen molar-refractivity contribution in [2.75, 3.05) is 37.8 Å².